The van der Waals surface area contributed by atoms with Gasteiger partial charge in [0.15, 0.2) is 0 Å². The summed E-state index contributed by atoms with van der Waals surface area (Å²) >= 11 is 0. The number of nitrogens with one attached hydrogen (secondary N) is 2. The summed E-state index contributed by atoms with van der Waals surface area (Å²) in [6.07, 6.45) is -4.52. The molecule has 0 fully saturated rings. The molecule has 0 spiro atoms. The van der Waals surface area contributed by atoms with Crippen LogP contribution in [-0.4, -0.2) is 11.1 Å². The number of hydrogen-bond acceptors (Lipinski definition) is 4. The van der Waals surface area contributed by atoms with Gasteiger partial charge in [-0.3, -0.25) is 4.79 Å². The van der Waals surface area contributed by atoms with Crippen molar-refractivity contribution in [3.63, 3.8) is 0 Å². The highest BCUT2D eigenvalue weighted by Gasteiger charge is 2.30. The van der Waals surface area contributed by atoms with Crippen molar-refractivity contribution in [1.82, 2.24) is 5.16 Å². The number of nitrogens with zero attached hydrogens (tertiary/aromatic N) is 1. The number of carbonyl (C=O) groups excluding carboxylic acids is 1. The third-order valence-corrected chi connectivity index (χ3v) is 3.90. The van der Waals surface area contributed by atoms with Gasteiger partial charge in [-0.1, -0.05) is 23.4 Å². The summed E-state index contributed by atoms with van der Waals surface area (Å²) in [5, 5.41) is 9.02. The molecule has 0 bridgehead atoms. The maximum absolute atomic E-state index is 13.0. The minimum atomic E-state index is -4.52. The SMILES string of the molecule is Cc1noc(NCc2ccc(F)cc2)c1C(=O)Nc1cccc(C(F)(F)F)c1. The number of anilines is 2. The number of aryl methyl sites for hydroxylation is 1. The van der Waals surface area contributed by atoms with Gasteiger partial charge in [0.1, 0.15) is 11.4 Å². The molecule has 0 aliphatic heterocycles. The molecule has 0 saturated carbocycles. The number of halogens is 4. The van der Waals surface area contributed by atoms with Crippen molar-refractivity contribution in [2.75, 3.05) is 10.6 Å². The highest BCUT2D eigenvalue weighted by molar-refractivity contribution is 6.08. The summed E-state index contributed by atoms with van der Waals surface area (Å²) in [4.78, 5) is 12.6. The number of alkyl halides is 3. The Labute approximate surface area is 157 Å². The summed E-state index contributed by atoms with van der Waals surface area (Å²) in [6.45, 7) is 1.77. The van der Waals surface area contributed by atoms with Crippen LogP contribution in [0.15, 0.2) is 53.1 Å². The number of hydrogen-bond donors (Lipinski definition) is 2. The lowest BCUT2D eigenvalue weighted by molar-refractivity contribution is -0.137. The molecule has 0 unspecified atom stereocenters. The molecule has 1 heterocycles. The first-order valence-corrected chi connectivity index (χ1v) is 8.17. The molecule has 9 heteroatoms. The van der Waals surface area contributed by atoms with E-state index in [0.29, 0.717) is 0 Å². The highest BCUT2D eigenvalue weighted by Crippen LogP contribution is 2.31. The van der Waals surface area contributed by atoms with Crippen LogP contribution in [-0.2, 0) is 12.7 Å². The Morgan fingerprint density at radius 1 is 1.14 bits per heavy atom. The third-order valence-electron chi connectivity index (χ3n) is 3.90. The van der Waals surface area contributed by atoms with E-state index in [9.17, 15) is 22.4 Å². The number of rotatable bonds is 5. The molecule has 28 heavy (non-hydrogen) atoms. The first-order valence-electron chi connectivity index (χ1n) is 8.17. The number of aromatic nitrogens is 1. The van der Waals surface area contributed by atoms with Gasteiger partial charge in [-0.15, -0.1) is 0 Å². The van der Waals surface area contributed by atoms with E-state index < -0.39 is 17.6 Å². The van der Waals surface area contributed by atoms with Crippen LogP contribution in [0.4, 0.5) is 29.1 Å². The van der Waals surface area contributed by atoms with Gasteiger partial charge in [-0.2, -0.15) is 13.2 Å². The van der Waals surface area contributed by atoms with Gasteiger partial charge in [-0.05, 0) is 42.8 Å². The van der Waals surface area contributed by atoms with Crippen molar-refractivity contribution >= 4 is 17.5 Å². The lowest BCUT2D eigenvalue weighted by Gasteiger charge is -2.10. The van der Waals surface area contributed by atoms with Crippen molar-refractivity contribution in [2.45, 2.75) is 19.6 Å². The second-order valence-corrected chi connectivity index (χ2v) is 5.98. The first kappa shape index (κ1) is 19.4. The zero-order chi connectivity index (χ0) is 20.3. The van der Waals surface area contributed by atoms with Crippen molar-refractivity contribution in [3.05, 3.63) is 76.7 Å². The van der Waals surface area contributed by atoms with Crippen LogP contribution < -0.4 is 10.6 Å². The molecule has 0 aliphatic rings. The molecular formula is C19H15F4N3O2. The number of carbonyl (C=O) groups is 1. The Morgan fingerprint density at radius 2 is 1.86 bits per heavy atom. The van der Waals surface area contributed by atoms with Crippen molar-refractivity contribution in [2.24, 2.45) is 0 Å². The third kappa shape index (κ3) is 4.48. The standard InChI is InChI=1S/C19H15F4N3O2/c1-11-16(17(27)25-15-4-2-3-13(9-15)19(21,22)23)18(28-26-11)24-10-12-5-7-14(20)8-6-12/h2-9,24H,10H2,1H3,(H,25,27). The average Bonchev–Trinajstić information content (AvgIpc) is 3.01. The van der Waals surface area contributed by atoms with Crippen LogP contribution in [0.3, 0.4) is 0 Å². The Bertz CT molecular complexity index is 982. The molecule has 1 aromatic heterocycles. The summed E-state index contributed by atoms with van der Waals surface area (Å²) in [6, 6.07) is 10.0. The Hall–Kier alpha value is -3.36. The smallest absolute Gasteiger partial charge is 0.349 e. The van der Waals surface area contributed by atoms with E-state index in [1.54, 1.807) is 12.1 Å². The Kier molecular flexibility index (Phi) is 5.34. The first-order chi connectivity index (χ1) is 13.2. The molecular weight excluding hydrogens is 378 g/mol. The maximum Gasteiger partial charge on any atom is 0.416 e. The van der Waals surface area contributed by atoms with E-state index in [0.717, 1.165) is 17.7 Å². The molecule has 5 nitrogen and oxygen atoms in total. The summed E-state index contributed by atoms with van der Waals surface area (Å²) in [5.74, 6) is -0.980. The predicted molar refractivity (Wildman–Crippen MR) is 94.4 cm³/mol. The molecule has 0 atom stereocenters. The van der Waals surface area contributed by atoms with Crippen LogP contribution in [0.2, 0.25) is 0 Å². The lowest BCUT2D eigenvalue weighted by atomic mass is 10.1. The molecule has 2 N–H and O–H groups in total. The highest BCUT2D eigenvalue weighted by atomic mass is 19.4. The summed E-state index contributed by atoms with van der Waals surface area (Å²) in [7, 11) is 0. The second kappa shape index (κ2) is 7.71. The molecule has 1 amide bonds. The largest absolute Gasteiger partial charge is 0.416 e. The van der Waals surface area contributed by atoms with E-state index in [2.05, 4.69) is 15.8 Å². The van der Waals surface area contributed by atoms with Gasteiger partial charge in [0.25, 0.3) is 5.91 Å². The van der Waals surface area contributed by atoms with Crippen molar-refractivity contribution in [3.8, 4) is 0 Å². The lowest BCUT2D eigenvalue weighted by Crippen LogP contribution is -2.15. The quantitative estimate of drug-likeness (QED) is 0.599. The monoisotopic (exact) mass is 393 g/mol. The van der Waals surface area contributed by atoms with Gasteiger partial charge in [-0.25, -0.2) is 4.39 Å². The summed E-state index contributed by atoms with van der Waals surface area (Å²) < 4.78 is 56.5. The zero-order valence-corrected chi connectivity index (χ0v) is 14.6. The second-order valence-electron chi connectivity index (χ2n) is 5.98. The molecule has 3 rings (SSSR count). The molecule has 3 aromatic rings. The Morgan fingerprint density at radius 3 is 2.54 bits per heavy atom. The molecule has 0 radical (unpaired) electrons. The average molecular weight is 393 g/mol. The van der Waals surface area contributed by atoms with Crippen molar-refractivity contribution < 1.29 is 26.9 Å². The van der Waals surface area contributed by atoms with E-state index in [1.165, 1.54) is 31.2 Å². The van der Waals surface area contributed by atoms with E-state index >= 15 is 0 Å². The molecule has 0 saturated heterocycles. The molecule has 0 aliphatic carbocycles. The van der Waals surface area contributed by atoms with Gasteiger partial charge >= 0.3 is 6.18 Å². The normalized spacial score (nSPS) is 11.3. The summed E-state index contributed by atoms with van der Waals surface area (Å²) in [5.41, 5.74) is 0.192. The van der Waals surface area contributed by atoms with E-state index in [1.807, 2.05) is 0 Å². The van der Waals surface area contributed by atoms with Crippen LogP contribution in [0.1, 0.15) is 27.2 Å². The van der Waals surface area contributed by atoms with Crippen molar-refractivity contribution in [1.29, 1.82) is 0 Å². The van der Waals surface area contributed by atoms with Gasteiger partial charge < -0.3 is 15.2 Å². The molecule has 146 valence electrons. The molecule has 2 aromatic carbocycles. The minimum absolute atomic E-state index is 0.00934. The Balaban J connectivity index is 1.75. The fourth-order valence-electron chi connectivity index (χ4n) is 2.51. The van der Waals surface area contributed by atoms with Crippen LogP contribution >= 0.6 is 0 Å². The zero-order valence-electron chi connectivity index (χ0n) is 14.6. The van der Waals surface area contributed by atoms with Gasteiger partial charge in [0, 0.05) is 12.2 Å². The van der Waals surface area contributed by atoms with Crippen LogP contribution in [0.5, 0.6) is 0 Å². The van der Waals surface area contributed by atoms with Crippen LogP contribution in [0.25, 0.3) is 0 Å². The predicted octanol–water partition coefficient (Wildman–Crippen LogP) is 5.01. The topological polar surface area (TPSA) is 67.2 Å². The van der Waals surface area contributed by atoms with Gasteiger partial charge in [0.05, 0.1) is 11.3 Å². The van der Waals surface area contributed by atoms with Gasteiger partial charge in [0.2, 0.25) is 5.88 Å². The maximum atomic E-state index is 13.0. The van der Waals surface area contributed by atoms with E-state index in [4.69, 9.17) is 4.52 Å². The minimum Gasteiger partial charge on any atom is -0.349 e. The fraction of sp³-hybridized carbons (Fsp3) is 0.158. The number of amides is 1. The fourth-order valence-corrected chi connectivity index (χ4v) is 2.51. The van der Waals surface area contributed by atoms with E-state index in [-0.39, 0.29) is 35.2 Å². The van der Waals surface area contributed by atoms with Crippen LogP contribution in [0, 0.1) is 12.7 Å². The number of benzene rings is 2.